The molecule has 2 amide bonds. The molecular weight excluding hydrogens is 409 g/mol. The molecule has 0 saturated heterocycles. The number of thioether (sulfide) groups is 1. The maximum absolute atomic E-state index is 12.6. The number of aliphatic hydroxyl groups is 1. The Hall–Kier alpha value is -2.53. The van der Waals surface area contributed by atoms with Crippen molar-refractivity contribution in [2.24, 2.45) is 0 Å². The minimum atomic E-state index is -4.44. The summed E-state index contributed by atoms with van der Waals surface area (Å²) in [6.45, 7) is -0.322. The molecule has 1 aromatic carbocycles. The third kappa shape index (κ3) is 5.97. The van der Waals surface area contributed by atoms with Gasteiger partial charge in [-0.3, -0.25) is 9.59 Å². The number of carbonyl (C=O) groups excluding carboxylic acids is 2. The van der Waals surface area contributed by atoms with Gasteiger partial charge in [-0.2, -0.15) is 13.2 Å². The number of carbonyl (C=O) groups is 2. The number of anilines is 1. The number of imidazole rings is 1. The number of amides is 2. The van der Waals surface area contributed by atoms with Crippen molar-refractivity contribution in [1.82, 2.24) is 14.9 Å². The maximum atomic E-state index is 12.6. The van der Waals surface area contributed by atoms with Gasteiger partial charge >= 0.3 is 6.18 Å². The first-order valence-corrected chi connectivity index (χ1v) is 9.79. The lowest BCUT2D eigenvalue weighted by Gasteiger charge is -2.11. The zero-order valence-electron chi connectivity index (χ0n) is 15.2. The number of rotatable bonds is 8. The monoisotopic (exact) mass is 428 g/mol. The van der Waals surface area contributed by atoms with Crippen LogP contribution in [0.2, 0.25) is 0 Å². The molecule has 1 aromatic heterocycles. The molecule has 1 saturated carbocycles. The Labute approximate surface area is 168 Å². The molecule has 1 aliphatic carbocycles. The van der Waals surface area contributed by atoms with E-state index in [9.17, 15) is 27.9 Å². The Bertz CT molecular complexity index is 879. The third-order valence-electron chi connectivity index (χ3n) is 4.14. The zero-order valence-corrected chi connectivity index (χ0v) is 16.0. The molecule has 0 bridgehead atoms. The summed E-state index contributed by atoms with van der Waals surface area (Å²) < 4.78 is 39.3. The summed E-state index contributed by atoms with van der Waals surface area (Å²) in [4.78, 5) is 28.3. The fourth-order valence-corrected chi connectivity index (χ4v) is 3.31. The van der Waals surface area contributed by atoms with E-state index in [2.05, 4.69) is 15.6 Å². The second-order valence-corrected chi connectivity index (χ2v) is 7.47. The summed E-state index contributed by atoms with van der Waals surface area (Å²) in [5.74, 6) is -0.693. The molecule has 1 fully saturated rings. The highest BCUT2D eigenvalue weighted by Crippen LogP contribution is 2.30. The van der Waals surface area contributed by atoms with Gasteiger partial charge in [0.25, 0.3) is 0 Å². The van der Waals surface area contributed by atoms with Crippen LogP contribution in [0.1, 0.15) is 24.1 Å². The Kier molecular flexibility index (Phi) is 6.48. The molecule has 0 spiro atoms. The Morgan fingerprint density at radius 3 is 2.48 bits per heavy atom. The average Bonchev–Trinajstić information content (AvgIpc) is 3.39. The molecular formula is C18H19F3N4O3S. The minimum absolute atomic E-state index is 0.0186. The number of benzene rings is 1. The molecule has 0 radical (unpaired) electrons. The van der Waals surface area contributed by atoms with Crippen molar-refractivity contribution in [2.45, 2.75) is 43.4 Å². The van der Waals surface area contributed by atoms with Crippen molar-refractivity contribution in [2.75, 3.05) is 11.1 Å². The van der Waals surface area contributed by atoms with Crippen molar-refractivity contribution in [3.8, 4) is 0 Å². The summed E-state index contributed by atoms with van der Waals surface area (Å²) in [5.41, 5.74) is -0.110. The van der Waals surface area contributed by atoms with E-state index in [1.807, 2.05) is 0 Å². The maximum Gasteiger partial charge on any atom is 0.416 e. The number of aromatic nitrogens is 2. The van der Waals surface area contributed by atoms with Gasteiger partial charge in [0.15, 0.2) is 5.16 Å². The predicted molar refractivity (Wildman–Crippen MR) is 100 cm³/mol. The number of nitrogens with zero attached hydrogens (tertiary/aromatic N) is 2. The van der Waals surface area contributed by atoms with Gasteiger partial charge in [0.05, 0.1) is 29.8 Å². The molecule has 11 heteroatoms. The molecule has 29 heavy (non-hydrogen) atoms. The average molecular weight is 428 g/mol. The van der Waals surface area contributed by atoms with Crippen molar-refractivity contribution < 1.29 is 27.9 Å². The lowest BCUT2D eigenvalue weighted by Crippen LogP contribution is -2.30. The van der Waals surface area contributed by atoms with Crippen LogP contribution in [-0.4, -0.2) is 38.3 Å². The Morgan fingerprint density at radius 2 is 1.90 bits per heavy atom. The van der Waals surface area contributed by atoms with Crippen LogP contribution >= 0.6 is 11.8 Å². The van der Waals surface area contributed by atoms with E-state index in [0.29, 0.717) is 10.9 Å². The van der Waals surface area contributed by atoms with Gasteiger partial charge < -0.3 is 20.3 Å². The van der Waals surface area contributed by atoms with Crippen LogP contribution in [0.3, 0.4) is 0 Å². The predicted octanol–water partition coefficient (Wildman–Crippen LogP) is 2.40. The quantitative estimate of drug-likeness (QED) is 0.561. The normalized spacial score (nSPS) is 13.9. The largest absolute Gasteiger partial charge is 0.416 e. The highest BCUT2D eigenvalue weighted by Gasteiger charge is 2.30. The highest BCUT2D eigenvalue weighted by atomic mass is 32.2. The van der Waals surface area contributed by atoms with E-state index in [1.165, 1.54) is 22.9 Å². The lowest BCUT2D eigenvalue weighted by atomic mass is 10.2. The molecule has 156 valence electrons. The van der Waals surface area contributed by atoms with Crippen LogP contribution in [0.4, 0.5) is 18.9 Å². The van der Waals surface area contributed by atoms with E-state index in [0.717, 1.165) is 36.7 Å². The van der Waals surface area contributed by atoms with Gasteiger partial charge in [-0.1, -0.05) is 11.8 Å². The van der Waals surface area contributed by atoms with Gasteiger partial charge in [-0.25, -0.2) is 4.98 Å². The van der Waals surface area contributed by atoms with E-state index in [1.54, 1.807) is 0 Å². The van der Waals surface area contributed by atoms with Gasteiger partial charge in [-0.05, 0) is 37.1 Å². The van der Waals surface area contributed by atoms with E-state index >= 15 is 0 Å². The molecule has 3 N–H and O–H groups in total. The number of alkyl halides is 3. The summed E-state index contributed by atoms with van der Waals surface area (Å²) >= 11 is 1.06. The number of hydrogen-bond acceptors (Lipinski definition) is 5. The van der Waals surface area contributed by atoms with Crippen molar-refractivity contribution in [1.29, 1.82) is 0 Å². The van der Waals surface area contributed by atoms with Crippen molar-refractivity contribution >= 4 is 29.3 Å². The first kappa shape index (κ1) is 21.2. The number of nitrogens with one attached hydrogen (secondary N) is 2. The van der Waals surface area contributed by atoms with Crippen LogP contribution in [0, 0.1) is 0 Å². The molecule has 2 aromatic rings. The van der Waals surface area contributed by atoms with Crippen molar-refractivity contribution in [3.05, 3.63) is 41.7 Å². The van der Waals surface area contributed by atoms with E-state index in [-0.39, 0.29) is 36.5 Å². The number of hydrogen-bond donors (Lipinski definition) is 3. The second-order valence-electron chi connectivity index (χ2n) is 6.53. The smallest absolute Gasteiger partial charge is 0.390 e. The SMILES string of the molecule is O=C(CSc1ncc(CO)n1CC(=O)NC1CC1)Nc1ccc(C(F)(F)F)cc1. The van der Waals surface area contributed by atoms with Gasteiger partial charge in [0, 0.05) is 11.7 Å². The van der Waals surface area contributed by atoms with Crippen LogP contribution in [0.5, 0.6) is 0 Å². The van der Waals surface area contributed by atoms with E-state index < -0.39 is 17.6 Å². The molecule has 1 heterocycles. The summed E-state index contributed by atoms with van der Waals surface area (Å²) in [7, 11) is 0. The standard InChI is InChI=1S/C18H19F3N4O3S/c19-18(20,21)11-1-3-12(4-2-11)24-16(28)10-29-17-22-7-14(9-26)25(17)8-15(27)23-13-5-6-13/h1-4,7,13,26H,5-6,8-10H2,(H,23,27)(H,24,28). The Morgan fingerprint density at radius 1 is 1.21 bits per heavy atom. The zero-order chi connectivity index (χ0) is 21.0. The van der Waals surface area contributed by atoms with Crippen LogP contribution in [0.25, 0.3) is 0 Å². The highest BCUT2D eigenvalue weighted by molar-refractivity contribution is 7.99. The van der Waals surface area contributed by atoms with Crippen molar-refractivity contribution in [3.63, 3.8) is 0 Å². The summed E-state index contributed by atoms with van der Waals surface area (Å²) in [5, 5.41) is 15.2. The molecule has 0 unspecified atom stereocenters. The molecule has 0 aliphatic heterocycles. The molecule has 3 rings (SSSR count). The van der Waals surface area contributed by atoms with Gasteiger partial charge in [0.2, 0.25) is 11.8 Å². The first-order chi connectivity index (χ1) is 13.8. The second kappa shape index (κ2) is 8.87. The van der Waals surface area contributed by atoms with Crippen LogP contribution in [-0.2, 0) is 28.9 Å². The van der Waals surface area contributed by atoms with Crippen LogP contribution in [0.15, 0.2) is 35.6 Å². The van der Waals surface area contributed by atoms with E-state index in [4.69, 9.17) is 0 Å². The Balaban J connectivity index is 1.56. The number of aliphatic hydroxyl groups excluding tert-OH is 1. The fourth-order valence-electron chi connectivity index (χ4n) is 2.52. The lowest BCUT2D eigenvalue weighted by molar-refractivity contribution is -0.137. The van der Waals surface area contributed by atoms with Gasteiger partial charge in [0.1, 0.15) is 6.54 Å². The number of halogens is 3. The first-order valence-electron chi connectivity index (χ1n) is 8.81. The van der Waals surface area contributed by atoms with Gasteiger partial charge in [-0.15, -0.1) is 0 Å². The van der Waals surface area contributed by atoms with Crippen LogP contribution < -0.4 is 10.6 Å². The third-order valence-corrected chi connectivity index (χ3v) is 5.13. The molecule has 0 atom stereocenters. The fraction of sp³-hybridized carbons (Fsp3) is 0.389. The molecule has 7 nitrogen and oxygen atoms in total. The molecule has 1 aliphatic rings. The topological polar surface area (TPSA) is 96.2 Å². The summed E-state index contributed by atoms with van der Waals surface area (Å²) in [6.07, 6.45) is -1.10. The minimum Gasteiger partial charge on any atom is -0.390 e. The summed E-state index contributed by atoms with van der Waals surface area (Å²) in [6, 6.07) is 4.34.